The molecule has 1 amide bonds. The summed E-state index contributed by atoms with van der Waals surface area (Å²) in [6.07, 6.45) is 3.28. The van der Waals surface area contributed by atoms with Crippen molar-refractivity contribution in [1.29, 1.82) is 0 Å². The molecule has 0 saturated heterocycles. The second-order valence-electron chi connectivity index (χ2n) is 4.87. The minimum absolute atomic E-state index is 0.223. The zero-order chi connectivity index (χ0) is 16.9. The summed E-state index contributed by atoms with van der Waals surface area (Å²) < 4.78 is 5.71. The first-order valence-electron chi connectivity index (χ1n) is 7.07. The lowest BCUT2D eigenvalue weighted by atomic mass is 10.2. The number of amides is 1. The summed E-state index contributed by atoms with van der Waals surface area (Å²) in [4.78, 5) is 16.3. The molecule has 0 aliphatic heterocycles. The summed E-state index contributed by atoms with van der Waals surface area (Å²) >= 11 is 12.0. The Hall–Kier alpha value is -2.56. The molecule has 120 valence electrons. The number of hydrogen-bond donors (Lipinski definition) is 1. The van der Waals surface area contributed by atoms with Crippen LogP contribution in [0.25, 0.3) is 0 Å². The zero-order valence-electron chi connectivity index (χ0n) is 12.4. The predicted molar refractivity (Wildman–Crippen MR) is 95.2 cm³/mol. The van der Waals surface area contributed by atoms with Crippen LogP contribution >= 0.6 is 23.2 Å². The summed E-state index contributed by atoms with van der Waals surface area (Å²) in [7, 11) is 0. The van der Waals surface area contributed by atoms with Crippen LogP contribution in [0, 0.1) is 0 Å². The lowest BCUT2D eigenvalue weighted by Gasteiger charge is -2.10. The smallest absolute Gasteiger partial charge is 0.257 e. The van der Waals surface area contributed by atoms with E-state index < -0.39 is 0 Å². The van der Waals surface area contributed by atoms with E-state index in [9.17, 15) is 4.79 Å². The molecule has 2 aromatic carbocycles. The van der Waals surface area contributed by atoms with Crippen molar-refractivity contribution in [3.63, 3.8) is 0 Å². The molecule has 24 heavy (non-hydrogen) atoms. The minimum atomic E-state index is -0.344. The van der Waals surface area contributed by atoms with E-state index in [1.54, 1.807) is 67.0 Å². The number of rotatable bonds is 4. The third-order valence-electron chi connectivity index (χ3n) is 3.17. The van der Waals surface area contributed by atoms with E-state index in [1.807, 2.05) is 0 Å². The lowest BCUT2D eigenvalue weighted by molar-refractivity contribution is 0.102. The highest BCUT2D eigenvalue weighted by molar-refractivity contribution is 6.44. The molecular formula is C18H12Cl2N2O2. The molecule has 0 unspecified atom stereocenters. The fourth-order valence-corrected chi connectivity index (χ4v) is 2.44. The van der Waals surface area contributed by atoms with Gasteiger partial charge in [-0.1, -0.05) is 35.3 Å². The van der Waals surface area contributed by atoms with Crippen molar-refractivity contribution in [2.75, 3.05) is 5.32 Å². The van der Waals surface area contributed by atoms with Gasteiger partial charge in [-0.2, -0.15) is 0 Å². The predicted octanol–water partition coefficient (Wildman–Crippen LogP) is 5.43. The van der Waals surface area contributed by atoms with E-state index >= 15 is 0 Å². The van der Waals surface area contributed by atoms with Crippen LogP contribution in [0.4, 0.5) is 5.69 Å². The Balaban J connectivity index is 1.77. The average Bonchev–Trinajstić information content (AvgIpc) is 2.58. The Bertz CT molecular complexity index is 870. The van der Waals surface area contributed by atoms with Crippen molar-refractivity contribution in [3.05, 3.63) is 82.6 Å². The Kier molecular flexibility index (Phi) is 4.99. The Morgan fingerprint density at radius 3 is 2.50 bits per heavy atom. The summed E-state index contributed by atoms with van der Waals surface area (Å²) in [6.45, 7) is 0. The molecule has 4 nitrogen and oxygen atoms in total. The highest BCUT2D eigenvalue weighted by atomic mass is 35.5. The van der Waals surface area contributed by atoms with Crippen LogP contribution in [0.5, 0.6) is 11.5 Å². The van der Waals surface area contributed by atoms with Gasteiger partial charge in [-0.05, 0) is 36.4 Å². The maximum absolute atomic E-state index is 12.4. The van der Waals surface area contributed by atoms with Crippen LogP contribution < -0.4 is 10.1 Å². The second kappa shape index (κ2) is 7.34. The van der Waals surface area contributed by atoms with Gasteiger partial charge in [-0.25, -0.2) is 0 Å². The molecule has 1 aromatic heterocycles. The molecule has 1 N–H and O–H groups in total. The topological polar surface area (TPSA) is 51.2 Å². The number of hydrogen-bond acceptors (Lipinski definition) is 3. The van der Waals surface area contributed by atoms with Gasteiger partial charge >= 0.3 is 0 Å². The first kappa shape index (κ1) is 16.3. The SMILES string of the molecule is O=C(Nc1cccc(Oc2ccncc2)c1)c1cccc(Cl)c1Cl. The molecule has 3 rings (SSSR count). The number of nitrogens with zero attached hydrogens (tertiary/aromatic N) is 1. The van der Waals surface area contributed by atoms with E-state index in [0.717, 1.165) is 0 Å². The van der Waals surface area contributed by atoms with Gasteiger partial charge in [-0.15, -0.1) is 0 Å². The van der Waals surface area contributed by atoms with Gasteiger partial charge in [0.15, 0.2) is 0 Å². The monoisotopic (exact) mass is 358 g/mol. The molecule has 0 aliphatic rings. The Morgan fingerprint density at radius 1 is 0.958 bits per heavy atom. The number of carbonyl (C=O) groups excluding carboxylic acids is 1. The molecule has 0 fully saturated rings. The molecule has 0 atom stereocenters. The molecule has 1 heterocycles. The molecule has 3 aromatic rings. The summed E-state index contributed by atoms with van der Waals surface area (Å²) in [6, 6.07) is 15.5. The quantitative estimate of drug-likeness (QED) is 0.676. The van der Waals surface area contributed by atoms with E-state index in [0.29, 0.717) is 27.8 Å². The van der Waals surface area contributed by atoms with E-state index in [4.69, 9.17) is 27.9 Å². The molecule has 0 aliphatic carbocycles. The second-order valence-corrected chi connectivity index (χ2v) is 5.65. The third kappa shape index (κ3) is 3.85. The van der Waals surface area contributed by atoms with Gasteiger partial charge in [0.2, 0.25) is 0 Å². The zero-order valence-corrected chi connectivity index (χ0v) is 13.9. The van der Waals surface area contributed by atoms with Crippen LogP contribution in [-0.2, 0) is 0 Å². The van der Waals surface area contributed by atoms with Crippen LogP contribution in [0.3, 0.4) is 0 Å². The van der Waals surface area contributed by atoms with Crippen LogP contribution in [0.15, 0.2) is 67.0 Å². The van der Waals surface area contributed by atoms with Gasteiger partial charge < -0.3 is 10.1 Å². The highest BCUT2D eigenvalue weighted by Gasteiger charge is 2.13. The molecule has 0 bridgehead atoms. The number of halogens is 2. The highest BCUT2D eigenvalue weighted by Crippen LogP contribution is 2.27. The molecule has 6 heteroatoms. The van der Waals surface area contributed by atoms with Gasteiger partial charge in [-0.3, -0.25) is 9.78 Å². The maximum atomic E-state index is 12.4. The number of benzene rings is 2. The number of carbonyl (C=O) groups is 1. The third-order valence-corrected chi connectivity index (χ3v) is 3.99. The van der Waals surface area contributed by atoms with E-state index in [1.165, 1.54) is 0 Å². The fourth-order valence-electron chi connectivity index (χ4n) is 2.06. The normalized spacial score (nSPS) is 10.2. The van der Waals surface area contributed by atoms with Gasteiger partial charge in [0, 0.05) is 24.1 Å². The summed E-state index contributed by atoms with van der Waals surface area (Å²) in [5.41, 5.74) is 0.896. The van der Waals surface area contributed by atoms with Crippen molar-refractivity contribution >= 4 is 34.8 Å². The average molecular weight is 359 g/mol. The van der Waals surface area contributed by atoms with Crippen molar-refractivity contribution in [2.24, 2.45) is 0 Å². The minimum Gasteiger partial charge on any atom is -0.457 e. The van der Waals surface area contributed by atoms with Crippen LogP contribution in [-0.4, -0.2) is 10.9 Å². The summed E-state index contributed by atoms with van der Waals surface area (Å²) in [5.74, 6) is 0.908. The Morgan fingerprint density at radius 2 is 1.71 bits per heavy atom. The van der Waals surface area contributed by atoms with Gasteiger partial charge in [0.05, 0.1) is 15.6 Å². The first-order chi connectivity index (χ1) is 11.6. The number of pyridine rings is 1. The van der Waals surface area contributed by atoms with Crippen molar-refractivity contribution < 1.29 is 9.53 Å². The number of anilines is 1. The lowest BCUT2D eigenvalue weighted by Crippen LogP contribution is -2.12. The van der Waals surface area contributed by atoms with Crippen molar-refractivity contribution in [2.45, 2.75) is 0 Å². The fraction of sp³-hybridized carbons (Fsp3) is 0. The van der Waals surface area contributed by atoms with Crippen LogP contribution in [0.2, 0.25) is 10.0 Å². The van der Waals surface area contributed by atoms with Crippen molar-refractivity contribution in [3.8, 4) is 11.5 Å². The first-order valence-corrected chi connectivity index (χ1v) is 7.82. The van der Waals surface area contributed by atoms with Gasteiger partial charge in [0.1, 0.15) is 11.5 Å². The number of aromatic nitrogens is 1. The van der Waals surface area contributed by atoms with E-state index in [2.05, 4.69) is 10.3 Å². The molecule has 0 radical (unpaired) electrons. The maximum Gasteiger partial charge on any atom is 0.257 e. The molecule has 0 spiro atoms. The van der Waals surface area contributed by atoms with Crippen LogP contribution in [0.1, 0.15) is 10.4 Å². The standard InChI is InChI=1S/C18H12Cl2N2O2/c19-16-6-2-5-15(17(16)20)18(23)22-12-3-1-4-14(11-12)24-13-7-9-21-10-8-13/h1-11H,(H,22,23). The largest absolute Gasteiger partial charge is 0.457 e. The Labute approximate surface area is 149 Å². The molecule has 0 saturated carbocycles. The number of nitrogens with one attached hydrogen (secondary N) is 1. The van der Waals surface area contributed by atoms with Gasteiger partial charge in [0.25, 0.3) is 5.91 Å². The summed E-state index contributed by atoms with van der Waals surface area (Å²) in [5, 5.41) is 3.33. The molecular weight excluding hydrogens is 347 g/mol. The number of ether oxygens (including phenoxy) is 1. The van der Waals surface area contributed by atoms with E-state index in [-0.39, 0.29) is 10.9 Å². The van der Waals surface area contributed by atoms with Crippen molar-refractivity contribution in [1.82, 2.24) is 4.98 Å².